The fraction of sp³-hybridized carbons (Fsp3) is 0.615. The Morgan fingerprint density at radius 2 is 2.21 bits per heavy atom. The van der Waals surface area contributed by atoms with Crippen LogP contribution in [0.2, 0.25) is 0 Å². The van der Waals surface area contributed by atoms with Crippen LogP contribution in [0.1, 0.15) is 47.2 Å². The number of H-pyrrole nitrogens is 1. The average Bonchev–Trinajstić information content (AvgIpc) is 3.05. The fourth-order valence-electron chi connectivity index (χ4n) is 2.67. The number of carbonyl (C=O) groups excluding carboxylic acids is 2. The van der Waals surface area contributed by atoms with Gasteiger partial charge in [0.2, 0.25) is 5.91 Å². The van der Waals surface area contributed by atoms with Crippen molar-refractivity contribution in [2.24, 2.45) is 0 Å². The van der Waals surface area contributed by atoms with Gasteiger partial charge >= 0.3 is 0 Å². The monoisotopic (exact) mass is 262 g/mol. The van der Waals surface area contributed by atoms with Crippen LogP contribution in [0, 0.1) is 6.92 Å². The summed E-state index contributed by atoms with van der Waals surface area (Å²) in [6, 6.07) is 0.451. The van der Waals surface area contributed by atoms with Gasteiger partial charge in [0.25, 0.3) is 5.91 Å². The van der Waals surface area contributed by atoms with Crippen LogP contribution >= 0.6 is 0 Å². The first-order chi connectivity index (χ1) is 9.10. The number of hydrogen-bond acceptors (Lipinski definition) is 3. The second-order valence-corrected chi connectivity index (χ2v) is 5.35. The minimum absolute atomic E-state index is 0.0882. The van der Waals surface area contributed by atoms with Crippen molar-refractivity contribution in [3.05, 3.63) is 17.2 Å². The second kappa shape index (κ2) is 4.36. The number of aromatic nitrogens is 2. The molecule has 0 aromatic carbocycles. The Morgan fingerprint density at radius 1 is 1.47 bits per heavy atom. The molecule has 0 bridgehead atoms. The summed E-state index contributed by atoms with van der Waals surface area (Å²) in [5.74, 6) is 0.865. The predicted molar refractivity (Wildman–Crippen MR) is 68.8 cm³/mol. The number of hydrogen-bond donors (Lipinski definition) is 2. The molecule has 6 heteroatoms. The Morgan fingerprint density at radius 3 is 2.84 bits per heavy atom. The van der Waals surface area contributed by atoms with E-state index in [1.165, 1.54) is 0 Å². The van der Waals surface area contributed by atoms with Gasteiger partial charge in [-0.2, -0.15) is 0 Å². The van der Waals surface area contributed by atoms with E-state index in [1.54, 1.807) is 7.05 Å². The van der Waals surface area contributed by atoms with Crippen LogP contribution in [-0.2, 0) is 4.79 Å². The van der Waals surface area contributed by atoms with E-state index in [4.69, 9.17) is 0 Å². The first-order valence-corrected chi connectivity index (χ1v) is 6.68. The van der Waals surface area contributed by atoms with Crippen LogP contribution in [0.3, 0.4) is 0 Å². The molecule has 1 aliphatic heterocycles. The summed E-state index contributed by atoms with van der Waals surface area (Å²) < 4.78 is 0. The van der Waals surface area contributed by atoms with E-state index in [0.29, 0.717) is 18.2 Å². The van der Waals surface area contributed by atoms with E-state index in [-0.39, 0.29) is 17.7 Å². The highest BCUT2D eigenvalue weighted by atomic mass is 16.2. The number of imidazole rings is 1. The maximum Gasteiger partial charge on any atom is 0.271 e. The molecule has 1 saturated carbocycles. The lowest BCUT2D eigenvalue weighted by molar-refractivity contribution is -0.128. The molecule has 2 N–H and O–H groups in total. The molecule has 1 atom stereocenters. The van der Waals surface area contributed by atoms with Crippen molar-refractivity contribution >= 4 is 11.8 Å². The highest BCUT2D eigenvalue weighted by molar-refractivity contribution is 5.93. The Labute approximate surface area is 111 Å². The minimum atomic E-state index is -0.191. The van der Waals surface area contributed by atoms with Crippen LogP contribution in [0.4, 0.5) is 0 Å². The quantitative estimate of drug-likeness (QED) is 0.835. The van der Waals surface area contributed by atoms with Crippen LogP contribution in [0.25, 0.3) is 0 Å². The molecule has 1 saturated heterocycles. The largest absolute Gasteiger partial charge is 0.354 e. The predicted octanol–water partition coefficient (Wildman–Crippen LogP) is 0.556. The van der Waals surface area contributed by atoms with Crippen molar-refractivity contribution in [3.63, 3.8) is 0 Å². The number of likely N-dealkylation sites (tertiary alicyclic amines) is 1. The minimum Gasteiger partial charge on any atom is -0.354 e. The highest BCUT2D eigenvalue weighted by Crippen LogP contribution is 2.35. The number of amides is 2. The topological polar surface area (TPSA) is 78.1 Å². The van der Waals surface area contributed by atoms with Crippen LogP contribution in [-0.4, -0.2) is 46.3 Å². The zero-order chi connectivity index (χ0) is 13.6. The van der Waals surface area contributed by atoms with Gasteiger partial charge in [-0.15, -0.1) is 0 Å². The van der Waals surface area contributed by atoms with Crippen molar-refractivity contribution in [2.75, 3.05) is 13.6 Å². The summed E-state index contributed by atoms with van der Waals surface area (Å²) in [4.78, 5) is 33.0. The van der Waals surface area contributed by atoms with Crippen molar-refractivity contribution in [1.82, 2.24) is 20.2 Å². The van der Waals surface area contributed by atoms with Gasteiger partial charge in [0.05, 0.1) is 0 Å². The standard InChI is InChI=1S/C13H18N4O2/c1-7-11(13(19)14-2)16-12(15-7)8-5-10(18)17(6-8)9-3-4-9/h8-9H,3-6H2,1-2H3,(H,14,19)(H,15,16). The molecule has 1 aromatic rings. The lowest BCUT2D eigenvalue weighted by Crippen LogP contribution is -2.27. The maximum atomic E-state index is 11.9. The molecule has 2 heterocycles. The summed E-state index contributed by atoms with van der Waals surface area (Å²) in [7, 11) is 1.59. The molecule has 1 aliphatic carbocycles. The van der Waals surface area contributed by atoms with E-state index in [9.17, 15) is 9.59 Å². The molecule has 1 unspecified atom stereocenters. The summed E-state index contributed by atoms with van der Waals surface area (Å²) in [6.07, 6.45) is 2.74. The first-order valence-electron chi connectivity index (χ1n) is 6.68. The van der Waals surface area contributed by atoms with Crippen molar-refractivity contribution < 1.29 is 9.59 Å². The van der Waals surface area contributed by atoms with Crippen molar-refractivity contribution in [3.8, 4) is 0 Å². The molecule has 2 amide bonds. The molecule has 6 nitrogen and oxygen atoms in total. The van der Waals surface area contributed by atoms with Gasteiger partial charge in [-0.1, -0.05) is 0 Å². The normalized spacial score (nSPS) is 22.9. The number of aromatic amines is 1. The number of carbonyl (C=O) groups is 2. The van der Waals surface area contributed by atoms with Gasteiger partial charge in [0.15, 0.2) is 0 Å². The summed E-state index contributed by atoms with van der Waals surface area (Å²) in [5, 5.41) is 2.57. The average molecular weight is 262 g/mol. The summed E-state index contributed by atoms with van der Waals surface area (Å²) in [6.45, 7) is 2.56. The molecule has 19 heavy (non-hydrogen) atoms. The van der Waals surface area contributed by atoms with Crippen LogP contribution in [0.15, 0.2) is 0 Å². The molecular weight excluding hydrogens is 244 g/mol. The SMILES string of the molecule is CNC(=O)c1nc(C2CC(=O)N(C3CC3)C2)[nH]c1C. The smallest absolute Gasteiger partial charge is 0.271 e. The first kappa shape index (κ1) is 12.2. The molecular formula is C13H18N4O2. The Bertz CT molecular complexity index is 533. The molecule has 1 aromatic heterocycles. The fourth-order valence-corrected chi connectivity index (χ4v) is 2.67. The third-order valence-electron chi connectivity index (χ3n) is 3.88. The number of nitrogens with one attached hydrogen (secondary N) is 2. The molecule has 0 radical (unpaired) electrons. The third-order valence-corrected chi connectivity index (χ3v) is 3.88. The Hall–Kier alpha value is -1.85. The van der Waals surface area contributed by atoms with E-state index in [2.05, 4.69) is 15.3 Å². The number of nitrogens with zero attached hydrogens (tertiary/aromatic N) is 2. The number of aryl methyl sites for hydroxylation is 1. The van der Waals surface area contributed by atoms with Crippen LogP contribution < -0.4 is 5.32 Å². The van der Waals surface area contributed by atoms with Crippen molar-refractivity contribution in [1.29, 1.82) is 0 Å². The maximum absolute atomic E-state index is 11.9. The Kier molecular flexibility index (Phi) is 2.80. The van der Waals surface area contributed by atoms with Gasteiger partial charge in [0, 0.05) is 37.7 Å². The number of rotatable bonds is 3. The van der Waals surface area contributed by atoms with Crippen molar-refractivity contribution in [2.45, 2.75) is 38.1 Å². The lowest BCUT2D eigenvalue weighted by Gasteiger charge is -2.14. The Balaban J connectivity index is 1.79. The van der Waals surface area contributed by atoms with E-state index < -0.39 is 0 Å². The van der Waals surface area contributed by atoms with E-state index in [1.807, 2.05) is 11.8 Å². The molecule has 0 spiro atoms. The zero-order valence-electron chi connectivity index (χ0n) is 11.2. The van der Waals surface area contributed by atoms with E-state index in [0.717, 1.165) is 30.9 Å². The lowest BCUT2D eigenvalue weighted by atomic mass is 10.1. The van der Waals surface area contributed by atoms with Gasteiger partial charge in [-0.05, 0) is 19.8 Å². The third kappa shape index (κ3) is 2.11. The molecule has 3 rings (SSSR count). The highest BCUT2D eigenvalue weighted by Gasteiger charge is 2.40. The molecule has 2 aliphatic rings. The van der Waals surface area contributed by atoms with Gasteiger partial charge in [-0.25, -0.2) is 4.98 Å². The van der Waals surface area contributed by atoms with E-state index >= 15 is 0 Å². The van der Waals surface area contributed by atoms with Gasteiger partial charge in [-0.3, -0.25) is 9.59 Å². The van der Waals surface area contributed by atoms with Gasteiger partial charge in [0.1, 0.15) is 11.5 Å². The zero-order valence-corrected chi connectivity index (χ0v) is 11.2. The second-order valence-electron chi connectivity index (χ2n) is 5.35. The van der Waals surface area contributed by atoms with Crippen LogP contribution in [0.5, 0.6) is 0 Å². The molecule has 2 fully saturated rings. The van der Waals surface area contributed by atoms with Gasteiger partial charge < -0.3 is 15.2 Å². The molecule has 102 valence electrons. The summed E-state index contributed by atoms with van der Waals surface area (Å²) in [5.41, 5.74) is 1.18. The summed E-state index contributed by atoms with van der Waals surface area (Å²) >= 11 is 0.